The molecular weight excluding hydrogens is 288 g/mol. The maximum Gasteiger partial charge on any atom is 0.224 e. The summed E-state index contributed by atoms with van der Waals surface area (Å²) >= 11 is 0. The second kappa shape index (κ2) is 6.20. The van der Waals surface area contributed by atoms with E-state index >= 15 is 0 Å². The molecular formula is C16H21F2N3O. The molecule has 22 heavy (non-hydrogen) atoms. The molecule has 0 unspecified atom stereocenters. The maximum absolute atomic E-state index is 13.8. The second-order valence-corrected chi connectivity index (χ2v) is 6.21. The Morgan fingerprint density at radius 3 is 2.59 bits per heavy atom. The summed E-state index contributed by atoms with van der Waals surface area (Å²) in [4.78, 5) is 13.9. The number of hydrogen-bond acceptors (Lipinski definition) is 3. The van der Waals surface area contributed by atoms with E-state index in [0.717, 1.165) is 19.3 Å². The van der Waals surface area contributed by atoms with Crippen LogP contribution in [0.5, 0.6) is 0 Å². The molecule has 0 bridgehead atoms. The number of para-hydroxylation sites is 1. The molecule has 0 aromatic heterocycles. The van der Waals surface area contributed by atoms with E-state index in [2.05, 4.69) is 5.32 Å². The lowest BCUT2D eigenvalue weighted by Crippen LogP contribution is -2.44. The van der Waals surface area contributed by atoms with E-state index in [0.29, 0.717) is 19.5 Å². The van der Waals surface area contributed by atoms with Crippen molar-refractivity contribution in [3.8, 4) is 0 Å². The summed E-state index contributed by atoms with van der Waals surface area (Å²) in [5.74, 6) is -1.28. The van der Waals surface area contributed by atoms with Crippen LogP contribution >= 0.6 is 0 Å². The van der Waals surface area contributed by atoms with Crippen molar-refractivity contribution in [3.63, 3.8) is 0 Å². The van der Waals surface area contributed by atoms with Gasteiger partial charge in [-0.25, -0.2) is 8.78 Å². The van der Waals surface area contributed by atoms with Crippen LogP contribution < -0.4 is 16.0 Å². The first-order valence-corrected chi connectivity index (χ1v) is 7.81. The summed E-state index contributed by atoms with van der Waals surface area (Å²) in [5, 5.41) is 2.98. The summed E-state index contributed by atoms with van der Waals surface area (Å²) < 4.78 is 27.6. The van der Waals surface area contributed by atoms with Gasteiger partial charge in [0.2, 0.25) is 5.91 Å². The number of halogens is 2. The van der Waals surface area contributed by atoms with Gasteiger partial charge in [-0.05, 0) is 31.4 Å². The van der Waals surface area contributed by atoms with Crippen molar-refractivity contribution >= 4 is 11.6 Å². The smallest absolute Gasteiger partial charge is 0.224 e. The first-order valence-electron chi connectivity index (χ1n) is 7.81. The molecule has 1 aliphatic carbocycles. The van der Waals surface area contributed by atoms with Crippen molar-refractivity contribution in [2.24, 2.45) is 11.7 Å². The van der Waals surface area contributed by atoms with Crippen LogP contribution in [0.4, 0.5) is 14.5 Å². The van der Waals surface area contributed by atoms with Crippen molar-refractivity contribution in [1.29, 1.82) is 0 Å². The molecule has 1 aromatic carbocycles. The second-order valence-electron chi connectivity index (χ2n) is 6.21. The number of amides is 1. The summed E-state index contributed by atoms with van der Waals surface area (Å²) in [6.45, 7) is 0.949. The average molecular weight is 309 g/mol. The van der Waals surface area contributed by atoms with Crippen molar-refractivity contribution in [3.05, 3.63) is 29.8 Å². The minimum Gasteiger partial charge on any atom is -0.365 e. The Morgan fingerprint density at radius 1 is 1.23 bits per heavy atom. The molecule has 120 valence electrons. The highest BCUT2D eigenvalue weighted by atomic mass is 19.1. The van der Waals surface area contributed by atoms with Crippen LogP contribution in [0.25, 0.3) is 0 Å². The molecule has 3 atom stereocenters. The Labute approximate surface area is 128 Å². The minimum absolute atomic E-state index is 0.00295. The molecule has 2 aliphatic rings. The van der Waals surface area contributed by atoms with Crippen LogP contribution in [-0.2, 0) is 4.79 Å². The number of carbonyl (C=O) groups excluding carboxylic acids is 1. The third-order valence-electron chi connectivity index (χ3n) is 4.69. The third kappa shape index (κ3) is 2.92. The number of nitrogens with one attached hydrogen (secondary N) is 1. The summed E-state index contributed by atoms with van der Waals surface area (Å²) in [6.07, 6.45) is 3.37. The lowest BCUT2D eigenvalue weighted by atomic mass is 10.0. The maximum atomic E-state index is 13.8. The van der Waals surface area contributed by atoms with E-state index in [4.69, 9.17) is 5.73 Å². The molecule has 1 saturated carbocycles. The zero-order valence-electron chi connectivity index (χ0n) is 12.4. The predicted octanol–water partition coefficient (Wildman–Crippen LogP) is 1.79. The largest absolute Gasteiger partial charge is 0.365 e. The van der Waals surface area contributed by atoms with Crippen LogP contribution in [-0.4, -0.2) is 31.1 Å². The van der Waals surface area contributed by atoms with Crippen LogP contribution in [0.1, 0.15) is 25.7 Å². The van der Waals surface area contributed by atoms with Crippen molar-refractivity contribution in [1.82, 2.24) is 5.32 Å². The molecule has 1 aromatic rings. The average Bonchev–Trinajstić information content (AvgIpc) is 3.08. The number of anilines is 1. The number of rotatable bonds is 3. The van der Waals surface area contributed by atoms with Crippen molar-refractivity contribution < 1.29 is 13.6 Å². The third-order valence-corrected chi connectivity index (χ3v) is 4.69. The van der Waals surface area contributed by atoms with E-state index in [9.17, 15) is 13.6 Å². The molecule has 1 heterocycles. The zero-order valence-corrected chi connectivity index (χ0v) is 12.4. The van der Waals surface area contributed by atoms with Gasteiger partial charge < -0.3 is 16.0 Å². The summed E-state index contributed by atoms with van der Waals surface area (Å²) in [6, 6.07) is 3.70. The molecule has 1 amide bonds. The Balaban J connectivity index is 1.62. The van der Waals surface area contributed by atoms with Crippen LogP contribution in [0.3, 0.4) is 0 Å². The van der Waals surface area contributed by atoms with E-state index in [1.54, 1.807) is 4.90 Å². The quantitative estimate of drug-likeness (QED) is 0.895. The molecule has 0 spiro atoms. The van der Waals surface area contributed by atoms with E-state index in [1.807, 2.05) is 0 Å². The van der Waals surface area contributed by atoms with Crippen molar-refractivity contribution in [2.75, 3.05) is 18.0 Å². The number of nitrogens with zero attached hydrogens (tertiary/aromatic N) is 1. The van der Waals surface area contributed by atoms with Gasteiger partial charge in [0.15, 0.2) is 0 Å². The highest BCUT2D eigenvalue weighted by Crippen LogP contribution is 2.28. The fourth-order valence-electron chi connectivity index (χ4n) is 3.49. The Kier molecular flexibility index (Phi) is 4.29. The molecule has 6 heteroatoms. The summed E-state index contributed by atoms with van der Waals surface area (Å²) in [5.41, 5.74) is 5.94. The van der Waals surface area contributed by atoms with Crippen LogP contribution in [0.15, 0.2) is 18.2 Å². The highest BCUT2D eigenvalue weighted by molar-refractivity contribution is 5.80. The van der Waals surface area contributed by atoms with Gasteiger partial charge in [0.25, 0.3) is 0 Å². The lowest BCUT2D eigenvalue weighted by molar-refractivity contribution is -0.125. The first kappa shape index (κ1) is 15.2. The van der Waals surface area contributed by atoms with Gasteiger partial charge in [0.1, 0.15) is 17.3 Å². The first-order chi connectivity index (χ1) is 10.6. The van der Waals surface area contributed by atoms with Gasteiger partial charge in [-0.2, -0.15) is 0 Å². The highest BCUT2D eigenvalue weighted by Gasteiger charge is 2.33. The lowest BCUT2D eigenvalue weighted by Gasteiger charge is -2.21. The molecule has 4 nitrogen and oxygen atoms in total. The van der Waals surface area contributed by atoms with E-state index in [1.165, 1.54) is 18.2 Å². The van der Waals surface area contributed by atoms with E-state index in [-0.39, 0.29) is 29.6 Å². The SMILES string of the molecule is N[C@@H]1CCC[C@H]1C(=O)N[C@H]1CCN(c2c(F)cccc2F)C1. The number of carbonyl (C=O) groups is 1. The van der Waals surface area contributed by atoms with Gasteiger partial charge in [0, 0.05) is 25.2 Å². The number of hydrogen-bond donors (Lipinski definition) is 2. The monoisotopic (exact) mass is 309 g/mol. The molecule has 2 fully saturated rings. The molecule has 0 radical (unpaired) electrons. The number of nitrogens with two attached hydrogens (primary N) is 1. The van der Waals surface area contributed by atoms with Gasteiger partial charge in [-0.1, -0.05) is 12.5 Å². The van der Waals surface area contributed by atoms with E-state index < -0.39 is 11.6 Å². The predicted molar refractivity (Wildman–Crippen MR) is 80.4 cm³/mol. The molecule has 3 N–H and O–H groups in total. The Hall–Kier alpha value is -1.69. The normalized spacial score (nSPS) is 28.1. The van der Waals surface area contributed by atoms with Gasteiger partial charge >= 0.3 is 0 Å². The molecule has 1 saturated heterocycles. The molecule has 3 rings (SSSR count). The Bertz CT molecular complexity index is 546. The minimum atomic E-state index is -0.565. The number of benzene rings is 1. The van der Waals surface area contributed by atoms with Gasteiger partial charge in [0.05, 0.1) is 5.92 Å². The fraction of sp³-hybridized carbons (Fsp3) is 0.562. The van der Waals surface area contributed by atoms with Gasteiger partial charge in [-0.3, -0.25) is 4.79 Å². The van der Waals surface area contributed by atoms with Gasteiger partial charge in [-0.15, -0.1) is 0 Å². The van der Waals surface area contributed by atoms with Crippen LogP contribution in [0.2, 0.25) is 0 Å². The zero-order chi connectivity index (χ0) is 15.7. The topological polar surface area (TPSA) is 58.4 Å². The summed E-state index contributed by atoms with van der Waals surface area (Å²) in [7, 11) is 0. The van der Waals surface area contributed by atoms with Crippen LogP contribution in [0, 0.1) is 17.6 Å². The molecule has 1 aliphatic heterocycles. The Morgan fingerprint density at radius 2 is 1.95 bits per heavy atom. The van der Waals surface area contributed by atoms with Crippen molar-refractivity contribution in [2.45, 2.75) is 37.8 Å². The standard InChI is InChI=1S/C16H21F2N3O/c17-12-4-2-5-13(18)15(12)21-8-7-10(9-21)20-16(22)11-3-1-6-14(11)19/h2,4-5,10-11,14H,1,3,6-9,19H2,(H,20,22)/t10-,11+,14+/m0/s1. The fourth-order valence-corrected chi connectivity index (χ4v) is 3.49.